The van der Waals surface area contributed by atoms with Crippen molar-refractivity contribution in [2.45, 2.75) is 46.2 Å². The highest BCUT2D eigenvalue weighted by molar-refractivity contribution is 5.45. The maximum absolute atomic E-state index is 11.0. The van der Waals surface area contributed by atoms with E-state index in [1.807, 2.05) is 20.8 Å². The summed E-state index contributed by atoms with van der Waals surface area (Å²) >= 11 is 0. The first kappa shape index (κ1) is 14.4. The van der Waals surface area contributed by atoms with Gasteiger partial charge in [-0.05, 0) is 27.2 Å². The first-order valence-corrected chi connectivity index (χ1v) is 5.95. The quantitative estimate of drug-likeness (QED) is 0.616. The number of rotatable bonds is 6. The van der Waals surface area contributed by atoms with Gasteiger partial charge >= 0.3 is 5.69 Å². The Bertz CT molecular complexity index is 440. The Hall–Kier alpha value is -1.63. The zero-order valence-electron chi connectivity index (χ0n) is 11.3. The molecule has 18 heavy (non-hydrogen) atoms. The van der Waals surface area contributed by atoms with Crippen LogP contribution in [0.3, 0.4) is 0 Å². The molecule has 0 bridgehead atoms. The molecular formula is C11H20N4O3. The van der Waals surface area contributed by atoms with Gasteiger partial charge in [0.2, 0.25) is 0 Å². The van der Waals surface area contributed by atoms with Gasteiger partial charge in [0.25, 0.3) is 5.88 Å². The van der Waals surface area contributed by atoms with Crippen molar-refractivity contribution in [1.82, 2.24) is 9.78 Å². The van der Waals surface area contributed by atoms with E-state index in [1.54, 1.807) is 6.92 Å². The molecule has 0 spiro atoms. The van der Waals surface area contributed by atoms with E-state index >= 15 is 0 Å². The highest BCUT2D eigenvalue weighted by Crippen LogP contribution is 2.31. The fraction of sp³-hybridized carbons (Fsp3) is 0.727. The van der Waals surface area contributed by atoms with Crippen molar-refractivity contribution in [3.05, 3.63) is 15.8 Å². The molecule has 0 radical (unpaired) electrons. The molecule has 1 heterocycles. The third-order valence-corrected chi connectivity index (χ3v) is 2.88. The first-order chi connectivity index (χ1) is 8.32. The van der Waals surface area contributed by atoms with E-state index in [0.717, 1.165) is 6.42 Å². The number of nitro groups is 1. The van der Waals surface area contributed by atoms with Crippen LogP contribution in [0.1, 0.15) is 32.9 Å². The lowest BCUT2D eigenvalue weighted by Gasteiger charge is -2.22. The van der Waals surface area contributed by atoms with Crippen LogP contribution in [0, 0.1) is 17.0 Å². The summed E-state index contributed by atoms with van der Waals surface area (Å²) in [6.07, 6.45) is 0.722. The van der Waals surface area contributed by atoms with Gasteiger partial charge in [0.05, 0.1) is 4.92 Å². The average molecular weight is 256 g/mol. The fourth-order valence-corrected chi connectivity index (χ4v) is 1.45. The molecule has 0 amide bonds. The molecule has 2 N–H and O–H groups in total. The van der Waals surface area contributed by atoms with Crippen molar-refractivity contribution < 1.29 is 9.66 Å². The molecule has 0 saturated carbocycles. The number of aryl methyl sites for hydroxylation is 2. The van der Waals surface area contributed by atoms with Gasteiger partial charge < -0.3 is 10.5 Å². The Labute approximate surface area is 106 Å². The van der Waals surface area contributed by atoms with Crippen LogP contribution in [0.4, 0.5) is 5.69 Å². The molecule has 0 aliphatic carbocycles. The second-order valence-corrected chi connectivity index (χ2v) is 4.61. The Morgan fingerprint density at radius 2 is 2.17 bits per heavy atom. The van der Waals surface area contributed by atoms with Crippen LogP contribution in [-0.2, 0) is 6.54 Å². The van der Waals surface area contributed by atoms with E-state index in [-0.39, 0.29) is 18.2 Å². The second kappa shape index (κ2) is 5.34. The zero-order chi connectivity index (χ0) is 13.9. The number of ether oxygens (including phenoxy) is 1. The number of hydrogen-bond donors (Lipinski definition) is 1. The first-order valence-electron chi connectivity index (χ1n) is 5.95. The summed E-state index contributed by atoms with van der Waals surface area (Å²) in [5.41, 5.74) is 5.73. The van der Waals surface area contributed by atoms with Crippen LogP contribution in [-0.4, -0.2) is 26.8 Å². The highest BCUT2D eigenvalue weighted by Gasteiger charge is 2.28. The van der Waals surface area contributed by atoms with Gasteiger partial charge in [-0.1, -0.05) is 6.92 Å². The smallest absolute Gasteiger partial charge is 0.353 e. The minimum Gasteiger partial charge on any atom is -0.471 e. The van der Waals surface area contributed by atoms with Crippen LogP contribution in [0.15, 0.2) is 0 Å². The van der Waals surface area contributed by atoms with Gasteiger partial charge in [-0.2, -0.15) is 5.10 Å². The monoisotopic (exact) mass is 256 g/mol. The predicted octanol–water partition coefficient (Wildman–Crippen LogP) is 1.63. The molecule has 7 heteroatoms. The number of hydrogen-bond acceptors (Lipinski definition) is 5. The maximum atomic E-state index is 11.0. The van der Waals surface area contributed by atoms with Crippen molar-refractivity contribution in [2.75, 3.05) is 6.61 Å². The Morgan fingerprint density at radius 3 is 2.61 bits per heavy atom. The summed E-state index contributed by atoms with van der Waals surface area (Å²) in [7, 11) is 0. The topological polar surface area (TPSA) is 96.2 Å². The summed E-state index contributed by atoms with van der Waals surface area (Å²) in [6, 6.07) is 0. The molecule has 7 nitrogen and oxygen atoms in total. The molecule has 0 aliphatic heterocycles. The van der Waals surface area contributed by atoms with E-state index in [2.05, 4.69) is 5.10 Å². The average Bonchev–Trinajstić information content (AvgIpc) is 2.63. The number of aromatic nitrogens is 2. The summed E-state index contributed by atoms with van der Waals surface area (Å²) in [5, 5.41) is 15.1. The standard InChI is InChI=1S/C11H20N4O3/c1-5-11(4,12)7-18-10-9(15(16)17)8(3)13-14(10)6-2/h5-7,12H2,1-4H3. The van der Waals surface area contributed by atoms with Gasteiger partial charge in [0.15, 0.2) is 0 Å². The van der Waals surface area contributed by atoms with E-state index < -0.39 is 10.5 Å². The van der Waals surface area contributed by atoms with E-state index in [9.17, 15) is 10.1 Å². The van der Waals surface area contributed by atoms with Crippen molar-refractivity contribution in [3.8, 4) is 5.88 Å². The van der Waals surface area contributed by atoms with Crippen LogP contribution in [0.25, 0.3) is 0 Å². The van der Waals surface area contributed by atoms with E-state index in [4.69, 9.17) is 10.5 Å². The zero-order valence-corrected chi connectivity index (χ0v) is 11.3. The maximum Gasteiger partial charge on any atom is 0.353 e. The highest BCUT2D eigenvalue weighted by atomic mass is 16.6. The van der Waals surface area contributed by atoms with Gasteiger partial charge in [-0.15, -0.1) is 0 Å². The summed E-state index contributed by atoms with van der Waals surface area (Å²) < 4.78 is 7.02. The molecule has 1 aromatic heterocycles. The van der Waals surface area contributed by atoms with Gasteiger partial charge in [-0.25, -0.2) is 4.68 Å². The normalized spacial score (nSPS) is 14.3. The Kier molecular flexibility index (Phi) is 4.28. The second-order valence-electron chi connectivity index (χ2n) is 4.61. The third kappa shape index (κ3) is 2.98. The summed E-state index contributed by atoms with van der Waals surface area (Å²) in [4.78, 5) is 10.5. The fourth-order valence-electron chi connectivity index (χ4n) is 1.45. The molecule has 1 aromatic rings. The van der Waals surface area contributed by atoms with Gasteiger partial charge in [0, 0.05) is 12.1 Å². The van der Waals surface area contributed by atoms with Gasteiger partial charge in [0.1, 0.15) is 12.3 Å². The van der Waals surface area contributed by atoms with Crippen molar-refractivity contribution in [1.29, 1.82) is 0 Å². The van der Waals surface area contributed by atoms with E-state index in [0.29, 0.717) is 12.2 Å². The minimum absolute atomic E-state index is 0.0799. The molecule has 102 valence electrons. The lowest BCUT2D eigenvalue weighted by molar-refractivity contribution is -0.386. The Morgan fingerprint density at radius 1 is 1.56 bits per heavy atom. The Balaban J connectivity index is 3.03. The van der Waals surface area contributed by atoms with Crippen LogP contribution < -0.4 is 10.5 Å². The summed E-state index contributed by atoms with van der Waals surface area (Å²) in [5.74, 6) is 0.185. The van der Waals surface area contributed by atoms with Crippen LogP contribution in [0.5, 0.6) is 5.88 Å². The number of nitrogens with zero attached hydrogens (tertiary/aromatic N) is 3. The molecule has 0 aliphatic rings. The molecule has 0 aromatic carbocycles. The molecule has 0 saturated heterocycles. The lowest BCUT2D eigenvalue weighted by atomic mass is 10.0. The molecule has 1 unspecified atom stereocenters. The predicted molar refractivity (Wildman–Crippen MR) is 67.7 cm³/mol. The van der Waals surface area contributed by atoms with Crippen molar-refractivity contribution >= 4 is 5.69 Å². The largest absolute Gasteiger partial charge is 0.471 e. The minimum atomic E-state index is -0.509. The molecule has 1 rings (SSSR count). The summed E-state index contributed by atoms with van der Waals surface area (Å²) in [6.45, 7) is 7.97. The van der Waals surface area contributed by atoms with Crippen molar-refractivity contribution in [3.63, 3.8) is 0 Å². The van der Waals surface area contributed by atoms with Crippen LogP contribution in [0.2, 0.25) is 0 Å². The van der Waals surface area contributed by atoms with E-state index in [1.165, 1.54) is 4.68 Å². The van der Waals surface area contributed by atoms with Crippen molar-refractivity contribution in [2.24, 2.45) is 5.73 Å². The third-order valence-electron chi connectivity index (χ3n) is 2.88. The molecule has 0 fully saturated rings. The molecular weight excluding hydrogens is 236 g/mol. The molecule has 1 atom stereocenters. The SMILES string of the molecule is CCn1nc(C)c([N+](=O)[O-])c1OCC(C)(N)CC. The van der Waals surface area contributed by atoms with Gasteiger partial charge in [-0.3, -0.25) is 10.1 Å². The lowest BCUT2D eigenvalue weighted by Crippen LogP contribution is -2.41. The number of nitrogens with two attached hydrogens (primary N) is 1. The van der Waals surface area contributed by atoms with Crippen LogP contribution >= 0.6 is 0 Å².